The van der Waals surface area contributed by atoms with Crippen LogP contribution in [0.4, 0.5) is 22.7 Å². The van der Waals surface area contributed by atoms with E-state index in [9.17, 15) is 9.59 Å². The first kappa shape index (κ1) is 43.9. The third-order valence-corrected chi connectivity index (χ3v) is 7.26. The first-order chi connectivity index (χ1) is 28.5. The molecule has 0 spiro atoms. The fourth-order valence-electron chi connectivity index (χ4n) is 4.37. The summed E-state index contributed by atoms with van der Waals surface area (Å²) in [6.45, 7) is 3.02. The highest BCUT2D eigenvalue weighted by Gasteiger charge is 2.03. The number of carbonyl (C=O) groups excluding carboxylic acids is 2. The van der Waals surface area contributed by atoms with Crippen LogP contribution in [0.3, 0.4) is 0 Å². The monoisotopic (exact) mass is 790 g/mol. The molecule has 0 saturated heterocycles. The van der Waals surface area contributed by atoms with Crippen molar-refractivity contribution in [3.05, 3.63) is 120 Å². The van der Waals surface area contributed by atoms with Gasteiger partial charge >= 0.3 is 11.9 Å². The molecule has 0 aliphatic heterocycles. The zero-order chi connectivity index (χ0) is 40.9. The lowest BCUT2D eigenvalue weighted by atomic mass is 10.2. The van der Waals surface area contributed by atoms with Gasteiger partial charge in [0.25, 0.3) is 0 Å². The van der Waals surface area contributed by atoms with Gasteiger partial charge in [0, 0.05) is 12.2 Å². The molecule has 0 unspecified atom stereocenters. The van der Waals surface area contributed by atoms with Crippen molar-refractivity contribution >= 4 is 34.7 Å². The summed E-state index contributed by atoms with van der Waals surface area (Å²) >= 11 is 0. The Bertz CT molecular complexity index is 1850. The third-order valence-electron chi connectivity index (χ3n) is 7.26. The van der Waals surface area contributed by atoms with Gasteiger partial charge in [0.05, 0.1) is 98.9 Å². The summed E-state index contributed by atoms with van der Waals surface area (Å²) in [6.07, 6.45) is 1.96. The molecular weight excluding hydrogens is 748 g/mol. The molecule has 0 amide bonds. The van der Waals surface area contributed by atoms with Crippen LogP contribution in [-0.2, 0) is 38.0 Å². The molecule has 58 heavy (non-hydrogen) atoms. The lowest BCUT2D eigenvalue weighted by Gasteiger charge is -2.08. The number of hydrogen-bond donors (Lipinski definition) is 0. The topological polar surface area (TPSA) is 205 Å². The summed E-state index contributed by atoms with van der Waals surface area (Å²) in [5.41, 5.74) is 3.75. The van der Waals surface area contributed by atoms with Gasteiger partial charge in [-0.2, -0.15) is 31.0 Å². The predicted octanol–water partition coefficient (Wildman–Crippen LogP) is 7.43. The van der Waals surface area contributed by atoms with Crippen LogP contribution in [0, 0.1) is 22.7 Å². The van der Waals surface area contributed by atoms with Gasteiger partial charge in [0.2, 0.25) is 0 Å². The molecule has 0 radical (unpaired) electrons. The third kappa shape index (κ3) is 18.7. The summed E-state index contributed by atoms with van der Waals surface area (Å²) in [6, 6.07) is 32.0. The Hall–Kier alpha value is -6.82. The van der Waals surface area contributed by atoms with E-state index in [-0.39, 0.29) is 26.4 Å². The van der Waals surface area contributed by atoms with E-state index in [4.69, 9.17) is 48.4 Å². The number of nitriles is 2. The number of rotatable bonds is 26. The molecule has 0 aromatic heterocycles. The molecule has 0 aliphatic rings. The molecule has 0 bridgehead atoms. The van der Waals surface area contributed by atoms with E-state index in [0.29, 0.717) is 98.2 Å². The van der Waals surface area contributed by atoms with Crippen molar-refractivity contribution in [1.82, 2.24) is 0 Å². The predicted molar refractivity (Wildman–Crippen MR) is 209 cm³/mol. The van der Waals surface area contributed by atoms with E-state index >= 15 is 0 Å². The maximum absolute atomic E-state index is 11.8. The van der Waals surface area contributed by atoms with Gasteiger partial charge in [0.1, 0.15) is 37.9 Å². The van der Waals surface area contributed by atoms with Crippen LogP contribution >= 0.6 is 0 Å². The molecule has 0 atom stereocenters. The Morgan fingerprint density at radius 2 is 0.690 bits per heavy atom. The van der Waals surface area contributed by atoms with E-state index in [2.05, 4.69) is 32.6 Å². The van der Waals surface area contributed by atoms with E-state index in [1.807, 2.05) is 0 Å². The van der Waals surface area contributed by atoms with Crippen molar-refractivity contribution in [2.45, 2.75) is 0 Å². The number of hydrogen-bond acceptors (Lipinski definition) is 16. The number of carbonyl (C=O) groups is 2. The van der Waals surface area contributed by atoms with Crippen molar-refractivity contribution < 1.29 is 47.5 Å². The van der Waals surface area contributed by atoms with Gasteiger partial charge < -0.3 is 37.9 Å². The molecule has 16 nitrogen and oxygen atoms in total. The van der Waals surface area contributed by atoms with Crippen molar-refractivity contribution in [3.8, 4) is 23.6 Å². The van der Waals surface area contributed by atoms with E-state index in [0.717, 1.165) is 12.2 Å². The molecule has 0 saturated carbocycles. The second-order valence-corrected chi connectivity index (χ2v) is 11.5. The average molecular weight is 791 g/mol. The smallest absolute Gasteiger partial charge is 0.331 e. The summed E-state index contributed by atoms with van der Waals surface area (Å²) < 4.78 is 43.0. The normalized spacial score (nSPS) is 11.1. The minimum Gasteiger partial charge on any atom is -0.491 e. The van der Waals surface area contributed by atoms with E-state index in [1.54, 1.807) is 97.1 Å². The van der Waals surface area contributed by atoms with Crippen LogP contribution in [0.5, 0.6) is 11.5 Å². The van der Waals surface area contributed by atoms with Gasteiger partial charge in [-0.15, -0.1) is 0 Å². The Morgan fingerprint density at radius 1 is 0.414 bits per heavy atom. The molecule has 300 valence electrons. The number of nitrogens with zero attached hydrogens (tertiary/aromatic N) is 6. The lowest BCUT2D eigenvalue weighted by Crippen LogP contribution is -2.14. The standard InChI is InChI=1S/C42H42N6O10/c43-31-33-1-5-35(6-2-33)45-47-37-9-13-39(14-10-37)55-27-23-51-19-21-53-25-29-57-41(49)17-18-42(50)58-30-26-54-22-20-52-24-28-56-40-15-11-38(12-16-40)48-46-36-7-3-34(32-44)4-8-36/h1-18H,19-30H2/b18-17-,47-45?,48-46?. The number of esters is 2. The average Bonchev–Trinajstić information content (AvgIpc) is 3.26. The number of azo groups is 2. The molecule has 4 aromatic rings. The molecule has 0 N–H and O–H groups in total. The summed E-state index contributed by atoms with van der Waals surface area (Å²) in [4.78, 5) is 23.6. The zero-order valence-corrected chi connectivity index (χ0v) is 31.6. The first-order valence-corrected chi connectivity index (χ1v) is 18.1. The molecular formula is C42H42N6O10. The van der Waals surface area contributed by atoms with Gasteiger partial charge in [-0.1, -0.05) is 0 Å². The van der Waals surface area contributed by atoms with Crippen LogP contribution in [0.1, 0.15) is 11.1 Å². The minimum atomic E-state index is -0.701. The molecule has 0 heterocycles. The first-order valence-electron chi connectivity index (χ1n) is 18.1. The summed E-state index contributed by atoms with van der Waals surface area (Å²) in [5, 5.41) is 34.4. The van der Waals surface area contributed by atoms with Gasteiger partial charge in [-0.25, -0.2) is 9.59 Å². The molecule has 0 fully saturated rings. The Balaban J connectivity index is 0.894. The fraction of sp³-hybridized carbons (Fsp3) is 0.286. The summed E-state index contributed by atoms with van der Waals surface area (Å²) in [7, 11) is 0. The largest absolute Gasteiger partial charge is 0.491 e. The lowest BCUT2D eigenvalue weighted by molar-refractivity contribution is -0.142. The highest BCUT2D eigenvalue weighted by atomic mass is 16.6. The van der Waals surface area contributed by atoms with Crippen molar-refractivity contribution in [3.63, 3.8) is 0 Å². The van der Waals surface area contributed by atoms with Crippen LogP contribution in [-0.4, -0.2) is 91.2 Å². The van der Waals surface area contributed by atoms with E-state index in [1.165, 1.54) is 0 Å². The number of ether oxygens (including phenoxy) is 8. The van der Waals surface area contributed by atoms with Crippen LogP contribution in [0.15, 0.2) is 130 Å². The molecule has 16 heteroatoms. The zero-order valence-electron chi connectivity index (χ0n) is 31.6. The second-order valence-electron chi connectivity index (χ2n) is 11.5. The highest BCUT2D eigenvalue weighted by molar-refractivity contribution is 5.91. The Labute approximate surface area is 335 Å². The quantitative estimate of drug-likeness (QED) is 0.0264. The fourth-order valence-corrected chi connectivity index (χ4v) is 4.37. The second kappa shape index (κ2) is 26.9. The Morgan fingerprint density at radius 3 is 1.00 bits per heavy atom. The van der Waals surface area contributed by atoms with E-state index < -0.39 is 11.9 Å². The molecule has 4 rings (SSSR count). The van der Waals surface area contributed by atoms with Crippen molar-refractivity contribution in [2.24, 2.45) is 20.5 Å². The van der Waals surface area contributed by atoms with Gasteiger partial charge in [-0.3, -0.25) is 0 Å². The molecule has 4 aromatic carbocycles. The summed E-state index contributed by atoms with van der Waals surface area (Å²) in [5.74, 6) is -0.0753. The van der Waals surface area contributed by atoms with Gasteiger partial charge in [-0.05, 0) is 97.1 Å². The van der Waals surface area contributed by atoms with Crippen molar-refractivity contribution in [2.75, 3.05) is 79.3 Å². The number of benzene rings is 4. The Kier molecular flexibility index (Phi) is 20.4. The van der Waals surface area contributed by atoms with Gasteiger partial charge in [0.15, 0.2) is 0 Å². The highest BCUT2D eigenvalue weighted by Crippen LogP contribution is 2.23. The van der Waals surface area contributed by atoms with Crippen LogP contribution in [0.25, 0.3) is 0 Å². The molecule has 0 aliphatic carbocycles. The van der Waals surface area contributed by atoms with Crippen molar-refractivity contribution in [1.29, 1.82) is 10.5 Å². The minimum absolute atomic E-state index is 0.00977. The van der Waals surface area contributed by atoms with Crippen LogP contribution < -0.4 is 9.47 Å². The SMILES string of the molecule is N#Cc1ccc(N=Nc2ccc(OCCOCCOCCOC(=O)/C=C\C(=O)OCCOCCOCCOc3ccc(N=Nc4ccc(C#N)cc4)cc3)cc2)cc1. The van der Waals surface area contributed by atoms with Crippen LogP contribution in [0.2, 0.25) is 0 Å². The maximum Gasteiger partial charge on any atom is 0.331 e. The maximum atomic E-state index is 11.8.